The number of rotatable bonds is 3. The number of hydrogen-bond acceptors (Lipinski definition) is 2. The SMILES string of the molecule is CC(C)CCc1nncn1C(C)(C)C. The highest BCUT2D eigenvalue weighted by Crippen LogP contribution is 2.16. The minimum absolute atomic E-state index is 0.0931. The van der Waals surface area contributed by atoms with Crippen molar-refractivity contribution in [2.45, 2.75) is 53.0 Å². The van der Waals surface area contributed by atoms with Gasteiger partial charge >= 0.3 is 0 Å². The molecule has 1 heterocycles. The lowest BCUT2D eigenvalue weighted by molar-refractivity contribution is 0.377. The predicted molar refractivity (Wildman–Crippen MR) is 58.2 cm³/mol. The number of aromatic nitrogens is 3. The van der Waals surface area contributed by atoms with Crippen molar-refractivity contribution < 1.29 is 0 Å². The third-order valence-electron chi connectivity index (χ3n) is 2.29. The van der Waals surface area contributed by atoms with Crippen LogP contribution in [0.25, 0.3) is 0 Å². The van der Waals surface area contributed by atoms with Crippen LogP contribution in [-0.2, 0) is 12.0 Å². The van der Waals surface area contributed by atoms with E-state index < -0.39 is 0 Å². The molecule has 1 aromatic heterocycles. The fourth-order valence-corrected chi connectivity index (χ4v) is 1.41. The molecule has 0 aromatic carbocycles. The van der Waals surface area contributed by atoms with E-state index in [0.717, 1.165) is 18.2 Å². The standard InChI is InChI=1S/C11H21N3/c1-9(2)6-7-10-13-12-8-14(10)11(3,4)5/h8-9H,6-7H2,1-5H3. The Morgan fingerprint density at radius 2 is 2.00 bits per heavy atom. The molecule has 0 aliphatic carbocycles. The van der Waals surface area contributed by atoms with Crippen LogP contribution in [0.3, 0.4) is 0 Å². The normalized spacial score (nSPS) is 12.4. The molecule has 0 N–H and O–H groups in total. The molecular weight excluding hydrogens is 174 g/mol. The van der Waals surface area contributed by atoms with Gasteiger partial charge in [-0.2, -0.15) is 0 Å². The van der Waals surface area contributed by atoms with Crippen LogP contribution >= 0.6 is 0 Å². The first-order chi connectivity index (χ1) is 6.41. The Balaban J connectivity index is 2.73. The van der Waals surface area contributed by atoms with Crippen molar-refractivity contribution >= 4 is 0 Å². The fourth-order valence-electron chi connectivity index (χ4n) is 1.41. The molecule has 0 spiro atoms. The maximum atomic E-state index is 4.17. The van der Waals surface area contributed by atoms with Crippen molar-refractivity contribution in [1.82, 2.24) is 14.8 Å². The Kier molecular flexibility index (Phi) is 3.29. The first-order valence-corrected chi connectivity index (χ1v) is 5.30. The Morgan fingerprint density at radius 3 is 2.50 bits per heavy atom. The first-order valence-electron chi connectivity index (χ1n) is 5.30. The molecule has 0 radical (unpaired) electrons. The minimum atomic E-state index is 0.0931. The minimum Gasteiger partial charge on any atom is -0.312 e. The van der Waals surface area contributed by atoms with Crippen LogP contribution in [0.2, 0.25) is 0 Å². The molecule has 0 bridgehead atoms. The smallest absolute Gasteiger partial charge is 0.133 e. The van der Waals surface area contributed by atoms with Crippen molar-refractivity contribution in [1.29, 1.82) is 0 Å². The van der Waals surface area contributed by atoms with Crippen molar-refractivity contribution in [2.75, 3.05) is 0 Å². The van der Waals surface area contributed by atoms with Gasteiger partial charge in [-0.3, -0.25) is 0 Å². The summed E-state index contributed by atoms with van der Waals surface area (Å²) in [5, 5.41) is 8.15. The molecule has 0 aliphatic heterocycles. The largest absolute Gasteiger partial charge is 0.312 e. The van der Waals surface area contributed by atoms with E-state index in [9.17, 15) is 0 Å². The second-order valence-corrected chi connectivity index (χ2v) is 5.22. The third kappa shape index (κ3) is 2.82. The van der Waals surface area contributed by atoms with Gasteiger partial charge in [-0.15, -0.1) is 10.2 Å². The molecule has 80 valence electrons. The van der Waals surface area contributed by atoms with Gasteiger partial charge in [0.25, 0.3) is 0 Å². The molecule has 0 saturated carbocycles. The molecule has 0 aliphatic rings. The van der Waals surface area contributed by atoms with E-state index in [4.69, 9.17) is 0 Å². The molecule has 14 heavy (non-hydrogen) atoms. The lowest BCUT2D eigenvalue weighted by Crippen LogP contribution is -2.23. The Labute approximate surface area is 86.5 Å². The average molecular weight is 195 g/mol. The Hall–Kier alpha value is -0.860. The monoisotopic (exact) mass is 195 g/mol. The van der Waals surface area contributed by atoms with E-state index >= 15 is 0 Å². The summed E-state index contributed by atoms with van der Waals surface area (Å²) >= 11 is 0. The van der Waals surface area contributed by atoms with Crippen LogP contribution in [0.15, 0.2) is 6.33 Å². The predicted octanol–water partition coefficient (Wildman–Crippen LogP) is 2.62. The molecule has 1 aromatic rings. The molecule has 0 fully saturated rings. The van der Waals surface area contributed by atoms with E-state index in [0.29, 0.717) is 0 Å². The van der Waals surface area contributed by atoms with Crippen molar-refractivity contribution in [3.8, 4) is 0 Å². The number of hydrogen-bond donors (Lipinski definition) is 0. The first kappa shape index (κ1) is 11.2. The van der Waals surface area contributed by atoms with Gasteiger partial charge in [-0.1, -0.05) is 13.8 Å². The topological polar surface area (TPSA) is 30.7 Å². The van der Waals surface area contributed by atoms with Gasteiger partial charge in [0, 0.05) is 12.0 Å². The lowest BCUT2D eigenvalue weighted by Gasteiger charge is -2.22. The zero-order valence-electron chi connectivity index (χ0n) is 9.91. The molecule has 3 nitrogen and oxygen atoms in total. The second-order valence-electron chi connectivity index (χ2n) is 5.22. The molecule has 3 heteroatoms. The third-order valence-corrected chi connectivity index (χ3v) is 2.29. The zero-order valence-corrected chi connectivity index (χ0v) is 9.91. The van der Waals surface area contributed by atoms with E-state index in [1.165, 1.54) is 6.42 Å². The summed E-state index contributed by atoms with van der Waals surface area (Å²) in [6.07, 6.45) is 4.03. The lowest BCUT2D eigenvalue weighted by atomic mass is 10.1. The molecule has 0 saturated heterocycles. The van der Waals surface area contributed by atoms with Gasteiger partial charge in [0.2, 0.25) is 0 Å². The van der Waals surface area contributed by atoms with E-state index in [1.807, 2.05) is 6.33 Å². The van der Waals surface area contributed by atoms with Crippen LogP contribution in [0.4, 0.5) is 0 Å². The Morgan fingerprint density at radius 1 is 1.36 bits per heavy atom. The quantitative estimate of drug-likeness (QED) is 0.742. The summed E-state index contributed by atoms with van der Waals surface area (Å²) in [6.45, 7) is 11.0. The summed E-state index contributed by atoms with van der Waals surface area (Å²) in [5.74, 6) is 1.83. The average Bonchev–Trinajstić information content (AvgIpc) is 2.46. The fraction of sp³-hybridized carbons (Fsp3) is 0.818. The van der Waals surface area contributed by atoms with E-state index in [2.05, 4.69) is 49.4 Å². The van der Waals surface area contributed by atoms with Crippen molar-refractivity contribution in [3.63, 3.8) is 0 Å². The van der Waals surface area contributed by atoms with Gasteiger partial charge in [-0.05, 0) is 33.1 Å². The highest BCUT2D eigenvalue weighted by atomic mass is 15.3. The summed E-state index contributed by atoms with van der Waals surface area (Å²) in [6, 6.07) is 0. The summed E-state index contributed by atoms with van der Waals surface area (Å²) in [5.41, 5.74) is 0.0931. The van der Waals surface area contributed by atoms with Gasteiger partial charge < -0.3 is 4.57 Å². The maximum absolute atomic E-state index is 4.17. The molecule has 0 amide bonds. The number of nitrogens with zero attached hydrogens (tertiary/aromatic N) is 3. The highest BCUT2D eigenvalue weighted by molar-refractivity contribution is 4.92. The van der Waals surface area contributed by atoms with Gasteiger partial charge in [-0.25, -0.2) is 0 Å². The summed E-state index contributed by atoms with van der Waals surface area (Å²) in [7, 11) is 0. The van der Waals surface area contributed by atoms with E-state index in [1.54, 1.807) is 0 Å². The highest BCUT2D eigenvalue weighted by Gasteiger charge is 2.17. The van der Waals surface area contributed by atoms with Crippen LogP contribution in [0.5, 0.6) is 0 Å². The molecule has 0 unspecified atom stereocenters. The molecular formula is C11H21N3. The van der Waals surface area contributed by atoms with Gasteiger partial charge in [0.1, 0.15) is 12.2 Å². The summed E-state index contributed by atoms with van der Waals surface area (Å²) < 4.78 is 2.16. The van der Waals surface area contributed by atoms with E-state index in [-0.39, 0.29) is 5.54 Å². The van der Waals surface area contributed by atoms with Crippen molar-refractivity contribution in [2.24, 2.45) is 5.92 Å². The second kappa shape index (κ2) is 4.11. The zero-order chi connectivity index (χ0) is 10.8. The van der Waals surface area contributed by atoms with Crippen molar-refractivity contribution in [3.05, 3.63) is 12.2 Å². The molecule has 0 atom stereocenters. The van der Waals surface area contributed by atoms with Crippen LogP contribution in [0.1, 0.15) is 46.9 Å². The van der Waals surface area contributed by atoms with Crippen LogP contribution in [-0.4, -0.2) is 14.8 Å². The number of aryl methyl sites for hydroxylation is 1. The van der Waals surface area contributed by atoms with Crippen LogP contribution < -0.4 is 0 Å². The Bertz CT molecular complexity index is 281. The van der Waals surface area contributed by atoms with Gasteiger partial charge in [0.15, 0.2) is 0 Å². The maximum Gasteiger partial charge on any atom is 0.133 e. The summed E-state index contributed by atoms with van der Waals surface area (Å²) in [4.78, 5) is 0. The van der Waals surface area contributed by atoms with Gasteiger partial charge in [0.05, 0.1) is 0 Å². The molecule has 1 rings (SSSR count). The van der Waals surface area contributed by atoms with Crippen LogP contribution in [0, 0.1) is 5.92 Å².